The van der Waals surface area contributed by atoms with Crippen molar-refractivity contribution in [2.24, 2.45) is 0 Å². The van der Waals surface area contributed by atoms with E-state index in [9.17, 15) is 0 Å². The van der Waals surface area contributed by atoms with E-state index >= 15 is 0 Å². The minimum atomic E-state index is 0.523. The second kappa shape index (κ2) is 5.26. The molecule has 2 rings (SSSR count). The van der Waals surface area contributed by atoms with Crippen LogP contribution in [0, 0.1) is 0 Å². The normalized spacial score (nSPS) is 18.2. The molecule has 84 valence electrons. The maximum atomic E-state index is 5.31. The topological polar surface area (TPSA) is 51.0 Å². The lowest BCUT2D eigenvalue weighted by Gasteiger charge is -2.17. The monoisotopic (exact) mass is 209 g/mol. The first kappa shape index (κ1) is 10.6. The summed E-state index contributed by atoms with van der Waals surface area (Å²) < 4.78 is 5.31. The number of nitrogens with one attached hydrogen (secondary N) is 1. The Morgan fingerprint density at radius 3 is 2.87 bits per heavy atom. The van der Waals surface area contributed by atoms with Gasteiger partial charge in [0.05, 0.1) is 0 Å². The lowest BCUT2D eigenvalue weighted by molar-refractivity contribution is 0.312. The van der Waals surface area contributed by atoms with E-state index in [2.05, 4.69) is 15.5 Å². The van der Waals surface area contributed by atoms with Gasteiger partial charge in [0.15, 0.2) is 5.82 Å². The molecule has 4 heteroatoms. The van der Waals surface area contributed by atoms with Crippen LogP contribution in [-0.4, -0.2) is 23.7 Å². The number of hydrogen-bond donors (Lipinski definition) is 1. The summed E-state index contributed by atoms with van der Waals surface area (Å²) in [7, 11) is 1.93. The lowest BCUT2D eigenvalue weighted by atomic mass is 9.89. The highest BCUT2D eigenvalue weighted by molar-refractivity contribution is 4.95. The summed E-state index contributed by atoms with van der Waals surface area (Å²) in [4.78, 5) is 4.45. The van der Waals surface area contributed by atoms with E-state index in [1.165, 1.54) is 32.1 Å². The molecule has 1 N–H and O–H groups in total. The van der Waals surface area contributed by atoms with Gasteiger partial charge in [0.25, 0.3) is 0 Å². The third-order valence-corrected chi connectivity index (χ3v) is 3.04. The Balaban J connectivity index is 1.93. The van der Waals surface area contributed by atoms with Crippen LogP contribution in [-0.2, 0) is 6.42 Å². The maximum Gasteiger partial charge on any atom is 0.229 e. The van der Waals surface area contributed by atoms with Crippen molar-refractivity contribution < 1.29 is 4.52 Å². The number of nitrogens with zero attached hydrogens (tertiary/aromatic N) is 2. The van der Waals surface area contributed by atoms with Crippen molar-refractivity contribution in [2.45, 2.75) is 44.4 Å². The first-order valence-electron chi connectivity index (χ1n) is 5.87. The number of likely N-dealkylation sites (N-methyl/N-ethyl adjacent to an activating group) is 1. The van der Waals surface area contributed by atoms with Gasteiger partial charge in [-0.1, -0.05) is 24.4 Å². The Kier molecular flexibility index (Phi) is 3.72. The molecule has 0 radical (unpaired) electrons. The van der Waals surface area contributed by atoms with Crippen LogP contribution in [0.5, 0.6) is 0 Å². The van der Waals surface area contributed by atoms with Gasteiger partial charge in [-0.3, -0.25) is 0 Å². The molecular weight excluding hydrogens is 190 g/mol. The third-order valence-electron chi connectivity index (χ3n) is 3.04. The van der Waals surface area contributed by atoms with Crippen LogP contribution in [0.2, 0.25) is 0 Å². The number of aromatic nitrogens is 2. The minimum Gasteiger partial charge on any atom is -0.339 e. The first-order chi connectivity index (χ1) is 7.40. The predicted molar refractivity (Wildman–Crippen MR) is 57.8 cm³/mol. The summed E-state index contributed by atoms with van der Waals surface area (Å²) in [6, 6.07) is 0. The van der Waals surface area contributed by atoms with Crippen molar-refractivity contribution in [3.63, 3.8) is 0 Å². The predicted octanol–water partition coefficient (Wildman–Crippen LogP) is 1.88. The van der Waals surface area contributed by atoms with Crippen molar-refractivity contribution in [1.29, 1.82) is 0 Å². The van der Waals surface area contributed by atoms with Gasteiger partial charge in [-0.2, -0.15) is 4.98 Å². The second-order valence-corrected chi connectivity index (χ2v) is 4.24. The van der Waals surface area contributed by atoms with Crippen LogP contribution in [0.25, 0.3) is 0 Å². The van der Waals surface area contributed by atoms with Crippen molar-refractivity contribution in [3.8, 4) is 0 Å². The molecule has 0 atom stereocenters. The molecule has 0 amide bonds. The van der Waals surface area contributed by atoms with E-state index in [4.69, 9.17) is 4.52 Å². The molecule has 0 unspecified atom stereocenters. The summed E-state index contributed by atoms with van der Waals surface area (Å²) in [5.74, 6) is 2.22. The zero-order chi connectivity index (χ0) is 10.5. The summed E-state index contributed by atoms with van der Waals surface area (Å²) in [6.45, 7) is 0.906. The Bertz CT molecular complexity index is 292. The average Bonchev–Trinajstić information content (AvgIpc) is 2.76. The Morgan fingerprint density at radius 1 is 1.33 bits per heavy atom. The molecular formula is C11H19N3O. The fraction of sp³-hybridized carbons (Fsp3) is 0.818. The molecule has 1 aliphatic rings. The standard InChI is InChI=1S/C11H19N3O/c1-12-8-7-10-13-11(15-14-10)9-5-3-2-4-6-9/h9,12H,2-8H2,1H3. The van der Waals surface area contributed by atoms with Gasteiger partial charge in [-0.15, -0.1) is 0 Å². The molecule has 0 aliphatic heterocycles. The van der Waals surface area contributed by atoms with Crippen LogP contribution < -0.4 is 5.32 Å². The molecule has 1 saturated carbocycles. The maximum absolute atomic E-state index is 5.31. The van der Waals surface area contributed by atoms with Crippen LogP contribution in [0.15, 0.2) is 4.52 Å². The van der Waals surface area contributed by atoms with Crippen LogP contribution in [0.4, 0.5) is 0 Å². The van der Waals surface area contributed by atoms with E-state index in [0.717, 1.165) is 24.7 Å². The second-order valence-electron chi connectivity index (χ2n) is 4.24. The molecule has 1 aromatic rings. The van der Waals surface area contributed by atoms with Crippen molar-refractivity contribution in [3.05, 3.63) is 11.7 Å². The van der Waals surface area contributed by atoms with Crippen LogP contribution in [0.1, 0.15) is 49.7 Å². The van der Waals surface area contributed by atoms with Crippen LogP contribution in [0.3, 0.4) is 0 Å². The van der Waals surface area contributed by atoms with Gasteiger partial charge < -0.3 is 9.84 Å². The minimum absolute atomic E-state index is 0.523. The van der Waals surface area contributed by atoms with Gasteiger partial charge in [-0.25, -0.2) is 0 Å². The molecule has 1 aromatic heterocycles. The number of hydrogen-bond acceptors (Lipinski definition) is 4. The fourth-order valence-electron chi connectivity index (χ4n) is 2.12. The van der Waals surface area contributed by atoms with E-state index in [1.54, 1.807) is 0 Å². The number of rotatable bonds is 4. The average molecular weight is 209 g/mol. The van der Waals surface area contributed by atoms with Crippen molar-refractivity contribution >= 4 is 0 Å². The highest BCUT2D eigenvalue weighted by atomic mass is 16.5. The first-order valence-corrected chi connectivity index (χ1v) is 5.87. The molecule has 1 fully saturated rings. The summed E-state index contributed by atoms with van der Waals surface area (Å²) in [6.07, 6.45) is 7.25. The molecule has 15 heavy (non-hydrogen) atoms. The quantitative estimate of drug-likeness (QED) is 0.822. The smallest absolute Gasteiger partial charge is 0.229 e. The zero-order valence-electron chi connectivity index (χ0n) is 9.33. The molecule has 4 nitrogen and oxygen atoms in total. The van der Waals surface area contributed by atoms with E-state index in [-0.39, 0.29) is 0 Å². The zero-order valence-corrected chi connectivity index (χ0v) is 9.33. The Labute approximate surface area is 90.4 Å². The highest BCUT2D eigenvalue weighted by Gasteiger charge is 2.21. The van der Waals surface area contributed by atoms with Crippen molar-refractivity contribution in [2.75, 3.05) is 13.6 Å². The molecule has 0 bridgehead atoms. The molecule has 1 aliphatic carbocycles. The van der Waals surface area contributed by atoms with Crippen molar-refractivity contribution in [1.82, 2.24) is 15.5 Å². The summed E-state index contributed by atoms with van der Waals surface area (Å²) in [5, 5.41) is 7.09. The molecule has 0 spiro atoms. The lowest BCUT2D eigenvalue weighted by Crippen LogP contribution is -2.11. The van der Waals surface area contributed by atoms with E-state index < -0.39 is 0 Å². The Hall–Kier alpha value is -0.900. The Morgan fingerprint density at radius 2 is 2.13 bits per heavy atom. The summed E-state index contributed by atoms with van der Waals surface area (Å²) >= 11 is 0. The van der Waals surface area contributed by atoms with Gasteiger partial charge >= 0.3 is 0 Å². The van der Waals surface area contributed by atoms with Crippen LogP contribution >= 0.6 is 0 Å². The van der Waals surface area contributed by atoms with Gasteiger partial charge in [0.2, 0.25) is 5.89 Å². The largest absolute Gasteiger partial charge is 0.339 e. The van der Waals surface area contributed by atoms with Gasteiger partial charge in [0.1, 0.15) is 0 Å². The SMILES string of the molecule is CNCCc1noc(C2CCCCC2)n1. The van der Waals surface area contributed by atoms with Gasteiger partial charge in [-0.05, 0) is 19.9 Å². The molecule has 0 aromatic carbocycles. The van der Waals surface area contributed by atoms with E-state index in [0.29, 0.717) is 5.92 Å². The fourth-order valence-corrected chi connectivity index (χ4v) is 2.12. The molecule has 1 heterocycles. The third kappa shape index (κ3) is 2.78. The van der Waals surface area contributed by atoms with Gasteiger partial charge in [0, 0.05) is 18.9 Å². The summed E-state index contributed by atoms with van der Waals surface area (Å²) in [5.41, 5.74) is 0. The highest BCUT2D eigenvalue weighted by Crippen LogP contribution is 2.31. The van der Waals surface area contributed by atoms with E-state index in [1.807, 2.05) is 7.05 Å². The molecule has 0 saturated heterocycles.